The molecule has 0 saturated carbocycles. The van der Waals surface area contributed by atoms with Gasteiger partial charge in [-0.15, -0.1) is 0 Å². The van der Waals surface area contributed by atoms with Gasteiger partial charge in [0.15, 0.2) is 0 Å². The van der Waals surface area contributed by atoms with E-state index in [1.165, 1.54) is 0 Å². The highest BCUT2D eigenvalue weighted by Gasteiger charge is 1.96. The zero-order chi connectivity index (χ0) is 10.6. The third-order valence-corrected chi connectivity index (χ3v) is 1.79. The minimum Gasteiger partial charge on any atom is -0.306 e. The molecule has 0 saturated heterocycles. The molecule has 0 heterocycles. The fraction of sp³-hybridized carbons (Fsp3) is 1.00. The van der Waals surface area contributed by atoms with Crippen molar-refractivity contribution in [1.29, 1.82) is 5.53 Å². The molecule has 82 valence electrons. The number of hydrogen-bond acceptors (Lipinski definition) is 5. The molecule has 0 bridgehead atoms. The van der Waals surface area contributed by atoms with Crippen LogP contribution in [0.5, 0.6) is 0 Å². The topological polar surface area (TPSA) is 102 Å². The zero-order valence-corrected chi connectivity index (χ0v) is 8.61. The van der Waals surface area contributed by atoms with Crippen molar-refractivity contribution < 1.29 is 0 Å². The summed E-state index contributed by atoms with van der Waals surface area (Å²) in [6, 6.07) is 0. The van der Waals surface area contributed by atoms with Gasteiger partial charge in [0.25, 0.3) is 0 Å². The first-order chi connectivity index (χ1) is 6.81. The van der Waals surface area contributed by atoms with E-state index in [1.54, 1.807) is 0 Å². The summed E-state index contributed by atoms with van der Waals surface area (Å²) in [5.74, 6) is 4.87. The molecule has 0 aliphatic heterocycles. The summed E-state index contributed by atoms with van der Waals surface area (Å²) in [5, 5.41) is 9.92. The van der Waals surface area contributed by atoms with Crippen molar-refractivity contribution in [2.75, 3.05) is 33.2 Å². The third-order valence-electron chi connectivity index (χ3n) is 1.79. The highest BCUT2D eigenvalue weighted by atomic mass is 15.4. The van der Waals surface area contributed by atoms with Gasteiger partial charge < -0.3 is 10.7 Å². The number of nitrogens with zero attached hydrogens (tertiary/aromatic N) is 4. The molecule has 7 nitrogen and oxygen atoms in total. The van der Waals surface area contributed by atoms with E-state index in [9.17, 15) is 0 Å². The van der Waals surface area contributed by atoms with Crippen LogP contribution in [-0.4, -0.2) is 38.1 Å². The minimum atomic E-state index is 0.682. The lowest BCUT2D eigenvalue weighted by atomic mass is 10.3. The largest absolute Gasteiger partial charge is 0.306 e. The summed E-state index contributed by atoms with van der Waals surface area (Å²) in [4.78, 5) is 2.21. The van der Waals surface area contributed by atoms with Crippen molar-refractivity contribution >= 4 is 0 Å². The highest BCUT2D eigenvalue weighted by molar-refractivity contribution is 4.53. The Balaban J connectivity index is 3.18. The van der Waals surface area contributed by atoms with E-state index >= 15 is 0 Å². The van der Waals surface area contributed by atoms with Crippen molar-refractivity contribution in [1.82, 2.24) is 10.3 Å². The Morgan fingerprint density at radius 3 is 2.71 bits per heavy atom. The van der Waals surface area contributed by atoms with Gasteiger partial charge in [-0.05, 0) is 33.0 Å². The maximum atomic E-state index is 6.51. The molecule has 4 N–H and O–H groups in total. The predicted molar refractivity (Wildman–Crippen MR) is 53.8 cm³/mol. The Bertz CT molecular complexity index is 158. The minimum absolute atomic E-state index is 0.682. The average molecular weight is 201 g/mol. The van der Waals surface area contributed by atoms with E-state index in [0.29, 0.717) is 6.54 Å². The van der Waals surface area contributed by atoms with Crippen molar-refractivity contribution in [3.63, 3.8) is 0 Å². The van der Waals surface area contributed by atoms with Crippen LogP contribution in [0.3, 0.4) is 0 Å². The fourth-order valence-corrected chi connectivity index (χ4v) is 1.06. The van der Waals surface area contributed by atoms with Crippen LogP contribution in [0.15, 0.2) is 15.6 Å². The summed E-state index contributed by atoms with van der Waals surface area (Å²) in [7, 11) is 2.05. The first-order valence-corrected chi connectivity index (χ1v) is 4.65. The van der Waals surface area contributed by atoms with Gasteiger partial charge in [0.05, 0.1) is 6.54 Å². The first kappa shape index (κ1) is 12.8. The van der Waals surface area contributed by atoms with Crippen molar-refractivity contribution in [2.45, 2.75) is 12.8 Å². The molecule has 14 heavy (non-hydrogen) atoms. The van der Waals surface area contributed by atoms with E-state index in [-0.39, 0.29) is 0 Å². The lowest BCUT2D eigenvalue weighted by molar-refractivity contribution is 0.323. The molecule has 0 rings (SSSR count). The number of hydrogen-bond donors (Lipinski definition) is 3. The molecule has 0 aromatic heterocycles. The van der Waals surface area contributed by atoms with Gasteiger partial charge in [-0.25, -0.2) is 0 Å². The van der Waals surface area contributed by atoms with Crippen LogP contribution in [0.25, 0.3) is 0 Å². The third kappa shape index (κ3) is 8.85. The molecule has 0 aromatic rings. The first-order valence-electron chi connectivity index (χ1n) is 4.65. The molecule has 7 heteroatoms. The van der Waals surface area contributed by atoms with Crippen LogP contribution in [0.1, 0.15) is 12.8 Å². The van der Waals surface area contributed by atoms with Gasteiger partial charge in [-0.2, -0.15) is 10.6 Å². The lowest BCUT2D eigenvalue weighted by Crippen LogP contribution is -2.23. The number of rotatable bonds is 9. The Morgan fingerprint density at radius 1 is 1.36 bits per heavy atom. The van der Waals surface area contributed by atoms with E-state index in [4.69, 9.17) is 11.4 Å². The molecular formula is C7H19N7. The summed E-state index contributed by atoms with van der Waals surface area (Å²) in [5.41, 5.74) is 9.11. The molecular weight excluding hydrogens is 182 g/mol. The Hall–Kier alpha value is -1.24. The highest BCUT2D eigenvalue weighted by Crippen LogP contribution is 1.90. The fourth-order valence-electron chi connectivity index (χ4n) is 1.06. The second kappa shape index (κ2) is 9.85. The Kier molecular flexibility index (Phi) is 8.97. The molecule has 0 amide bonds. The SMILES string of the molecule is CN(CCCN=NN)CCCNN=N. The molecule has 0 aliphatic carbocycles. The van der Waals surface area contributed by atoms with Gasteiger partial charge in [-0.3, -0.25) is 5.43 Å². The molecule has 0 spiro atoms. The quantitative estimate of drug-likeness (QED) is 0.220. The van der Waals surface area contributed by atoms with Crippen LogP contribution in [0, 0.1) is 5.53 Å². The van der Waals surface area contributed by atoms with Crippen molar-refractivity contribution in [2.24, 2.45) is 21.4 Å². The standard InChI is InChI=1S/C7H19N7/c1-14(6-2-4-10-12-8)7-3-5-11-13-9/h2-7H2,1H3,(H2,8,10)(H2,9,11). The second-order valence-electron chi connectivity index (χ2n) is 3.01. The summed E-state index contributed by atoms with van der Waals surface area (Å²) >= 11 is 0. The maximum Gasteiger partial charge on any atom is 0.0632 e. The predicted octanol–water partition coefficient (Wildman–Crippen LogP) is 0.560. The number of nitrogens with one attached hydrogen (secondary N) is 2. The van der Waals surface area contributed by atoms with Crippen LogP contribution >= 0.6 is 0 Å². The molecule has 0 radical (unpaired) electrons. The van der Waals surface area contributed by atoms with Gasteiger partial charge in [0, 0.05) is 6.54 Å². The van der Waals surface area contributed by atoms with Crippen LogP contribution < -0.4 is 11.3 Å². The average Bonchev–Trinajstić information content (AvgIpc) is 2.19. The smallest absolute Gasteiger partial charge is 0.0632 e. The summed E-state index contributed by atoms with van der Waals surface area (Å²) in [6.07, 6.45) is 1.95. The van der Waals surface area contributed by atoms with E-state index in [1.807, 2.05) is 0 Å². The van der Waals surface area contributed by atoms with E-state index < -0.39 is 0 Å². The molecule has 0 aromatic carbocycles. The molecule has 0 unspecified atom stereocenters. The number of nitrogens with two attached hydrogens (primary N) is 1. The maximum absolute atomic E-state index is 6.51. The molecule has 0 aliphatic rings. The normalized spacial score (nSPS) is 11.0. The summed E-state index contributed by atoms with van der Waals surface area (Å²) in [6.45, 7) is 3.40. The zero-order valence-electron chi connectivity index (χ0n) is 8.61. The summed E-state index contributed by atoms with van der Waals surface area (Å²) < 4.78 is 0. The van der Waals surface area contributed by atoms with Gasteiger partial charge in [0.1, 0.15) is 0 Å². The van der Waals surface area contributed by atoms with Crippen LogP contribution in [0.2, 0.25) is 0 Å². The van der Waals surface area contributed by atoms with E-state index in [0.717, 1.165) is 32.5 Å². The molecule has 0 fully saturated rings. The molecule has 0 atom stereocenters. The van der Waals surface area contributed by atoms with Crippen LogP contribution in [0.4, 0.5) is 0 Å². The van der Waals surface area contributed by atoms with Crippen molar-refractivity contribution in [3.8, 4) is 0 Å². The Labute approximate surface area is 84.2 Å². The van der Waals surface area contributed by atoms with Gasteiger partial charge in [-0.1, -0.05) is 10.4 Å². The van der Waals surface area contributed by atoms with Gasteiger partial charge >= 0.3 is 0 Å². The van der Waals surface area contributed by atoms with E-state index in [2.05, 4.69) is 32.9 Å². The lowest BCUT2D eigenvalue weighted by Gasteiger charge is -2.14. The van der Waals surface area contributed by atoms with Crippen molar-refractivity contribution in [3.05, 3.63) is 0 Å². The Morgan fingerprint density at radius 2 is 2.07 bits per heavy atom. The second-order valence-corrected chi connectivity index (χ2v) is 3.01. The monoisotopic (exact) mass is 201 g/mol. The van der Waals surface area contributed by atoms with Crippen LogP contribution in [-0.2, 0) is 0 Å². The van der Waals surface area contributed by atoms with Gasteiger partial charge in [0.2, 0.25) is 0 Å².